The molecular weight excluding hydrogens is 358 g/mol. The Kier molecular flexibility index (Phi) is 5.92. The van der Waals surface area contributed by atoms with Crippen LogP contribution in [0.5, 0.6) is 0 Å². The Labute approximate surface area is 177 Å². The van der Waals surface area contributed by atoms with E-state index in [9.17, 15) is 4.79 Å². The van der Waals surface area contributed by atoms with Gasteiger partial charge < -0.3 is 0 Å². The summed E-state index contributed by atoms with van der Waals surface area (Å²) >= 11 is 0. The minimum atomic E-state index is 0.157. The molecule has 1 heterocycles. The van der Waals surface area contributed by atoms with Crippen molar-refractivity contribution in [1.82, 2.24) is 15.0 Å². The second kappa shape index (κ2) is 8.15. The average molecular weight is 400 g/mol. The highest BCUT2D eigenvalue weighted by Crippen LogP contribution is 2.64. The van der Waals surface area contributed by atoms with E-state index in [-0.39, 0.29) is 17.1 Å². The van der Waals surface area contributed by atoms with Crippen LogP contribution < -0.4 is 0 Å². The van der Waals surface area contributed by atoms with Gasteiger partial charge in [-0.05, 0) is 92.3 Å². The van der Waals surface area contributed by atoms with E-state index in [1.54, 1.807) is 13.2 Å². The van der Waals surface area contributed by atoms with E-state index < -0.39 is 0 Å². The van der Waals surface area contributed by atoms with Crippen molar-refractivity contribution < 1.29 is 4.79 Å². The molecular formula is C25H41N3O. The standard InChI is InChI=1S/C23H35N3O.C2H6/c1-14-4-6-16-15(12-14)5-7-18-17(16)10-11-23(2)19(18)8-9-20(23)22(27)21-13-24-26(3)25-21;1-2/h13-20H,4-12H2,1-3H3;1-2H3. The fraction of sp³-hybridized carbons (Fsp3) is 0.880. The highest BCUT2D eigenvalue weighted by molar-refractivity contribution is 5.96. The lowest BCUT2D eigenvalue weighted by Gasteiger charge is -2.56. The van der Waals surface area contributed by atoms with Crippen LogP contribution in [0.4, 0.5) is 0 Å². The van der Waals surface area contributed by atoms with Gasteiger partial charge in [0.2, 0.25) is 0 Å². The number of hydrogen-bond acceptors (Lipinski definition) is 3. The molecule has 8 atom stereocenters. The van der Waals surface area contributed by atoms with Crippen molar-refractivity contribution in [3.8, 4) is 0 Å². The third-order valence-corrected chi connectivity index (χ3v) is 9.39. The Balaban J connectivity index is 0.000000994. The Morgan fingerprint density at radius 3 is 2.52 bits per heavy atom. The van der Waals surface area contributed by atoms with Gasteiger partial charge in [-0.25, -0.2) is 0 Å². The van der Waals surface area contributed by atoms with Crippen molar-refractivity contribution in [2.45, 2.75) is 85.5 Å². The van der Waals surface area contributed by atoms with Gasteiger partial charge in [0.25, 0.3) is 0 Å². The van der Waals surface area contributed by atoms with Crippen LogP contribution in [0.1, 0.15) is 96.0 Å². The summed E-state index contributed by atoms with van der Waals surface area (Å²) in [5.74, 6) is 5.91. The second-order valence-corrected chi connectivity index (χ2v) is 10.6. The molecule has 0 N–H and O–H groups in total. The number of Topliss-reactive ketones (excluding diaryl/α,β-unsaturated/α-hetero) is 1. The van der Waals surface area contributed by atoms with Gasteiger partial charge in [0.05, 0.1) is 6.20 Å². The van der Waals surface area contributed by atoms with Crippen molar-refractivity contribution >= 4 is 5.78 Å². The topological polar surface area (TPSA) is 47.8 Å². The number of aryl methyl sites for hydroxylation is 1. The molecule has 162 valence electrons. The minimum absolute atomic E-state index is 0.157. The van der Waals surface area contributed by atoms with Gasteiger partial charge in [0, 0.05) is 13.0 Å². The molecule has 4 heteroatoms. The molecule has 4 aliphatic carbocycles. The molecule has 4 fully saturated rings. The SMILES string of the molecule is CC.CC1CCC2C(CCC3C2CCC2(C)C(C(=O)c4cnn(C)n4)CCC32)C1. The zero-order valence-electron chi connectivity index (χ0n) is 19.2. The lowest BCUT2D eigenvalue weighted by molar-refractivity contribution is -0.0634. The second-order valence-electron chi connectivity index (χ2n) is 10.6. The van der Waals surface area contributed by atoms with Gasteiger partial charge in [-0.3, -0.25) is 4.79 Å². The first kappa shape index (κ1) is 21.1. The molecule has 5 rings (SSSR count). The van der Waals surface area contributed by atoms with Crippen LogP contribution in [0, 0.1) is 46.8 Å². The molecule has 0 aromatic carbocycles. The van der Waals surface area contributed by atoms with E-state index >= 15 is 0 Å². The number of hydrogen-bond donors (Lipinski definition) is 0. The van der Waals surface area contributed by atoms with E-state index in [1.165, 1.54) is 56.2 Å². The molecule has 1 aromatic rings. The molecule has 0 spiro atoms. The first-order chi connectivity index (χ1) is 14.0. The van der Waals surface area contributed by atoms with Gasteiger partial charge in [-0.2, -0.15) is 15.0 Å². The van der Waals surface area contributed by atoms with Gasteiger partial charge in [0.1, 0.15) is 5.69 Å². The van der Waals surface area contributed by atoms with Crippen LogP contribution in [-0.4, -0.2) is 20.8 Å². The van der Waals surface area contributed by atoms with Crippen LogP contribution in [0.2, 0.25) is 0 Å². The Morgan fingerprint density at radius 1 is 1.03 bits per heavy atom. The van der Waals surface area contributed by atoms with Crippen LogP contribution >= 0.6 is 0 Å². The molecule has 0 aliphatic heterocycles. The third kappa shape index (κ3) is 3.49. The largest absolute Gasteiger partial charge is 0.292 e. The minimum Gasteiger partial charge on any atom is -0.292 e. The highest BCUT2D eigenvalue weighted by Gasteiger charge is 2.58. The summed E-state index contributed by atoms with van der Waals surface area (Å²) in [6, 6.07) is 0. The summed E-state index contributed by atoms with van der Waals surface area (Å²) in [5.41, 5.74) is 0.765. The van der Waals surface area contributed by atoms with E-state index in [4.69, 9.17) is 0 Å². The average Bonchev–Trinajstić information content (AvgIpc) is 3.31. The third-order valence-electron chi connectivity index (χ3n) is 9.39. The van der Waals surface area contributed by atoms with Crippen molar-refractivity contribution in [3.05, 3.63) is 11.9 Å². The molecule has 0 amide bonds. The van der Waals surface area contributed by atoms with Gasteiger partial charge in [-0.15, -0.1) is 0 Å². The van der Waals surface area contributed by atoms with Crippen LogP contribution in [-0.2, 0) is 7.05 Å². The smallest absolute Gasteiger partial charge is 0.188 e. The molecule has 8 unspecified atom stereocenters. The molecule has 4 aliphatic rings. The monoisotopic (exact) mass is 399 g/mol. The molecule has 1 aromatic heterocycles. The Bertz CT molecular complexity index is 727. The summed E-state index contributed by atoms with van der Waals surface area (Å²) < 4.78 is 0. The van der Waals surface area contributed by atoms with Gasteiger partial charge in [0.15, 0.2) is 5.78 Å². The van der Waals surface area contributed by atoms with Crippen molar-refractivity contribution in [3.63, 3.8) is 0 Å². The van der Waals surface area contributed by atoms with Crippen molar-refractivity contribution in [2.75, 3.05) is 0 Å². The zero-order valence-corrected chi connectivity index (χ0v) is 19.2. The summed E-state index contributed by atoms with van der Waals surface area (Å²) in [6.07, 6.45) is 13.8. The number of carbonyl (C=O) groups is 1. The molecule has 0 saturated heterocycles. The number of rotatable bonds is 2. The van der Waals surface area contributed by atoms with E-state index in [0.717, 1.165) is 41.9 Å². The summed E-state index contributed by atoms with van der Waals surface area (Å²) in [4.78, 5) is 14.7. The first-order valence-electron chi connectivity index (χ1n) is 12.4. The predicted molar refractivity (Wildman–Crippen MR) is 116 cm³/mol. The summed E-state index contributed by atoms with van der Waals surface area (Å²) in [6.45, 7) is 8.90. The molecule has 4 nitrogen and oxygen atoms in total. The molecule has 0 bridgehead atoms. The number of nitrogens with zero attached hydrogens (tertiary/aromatic N) is 3. The van der Waals surface area contributed by atoms with E-state index in [1.807, 2.05) is 13.8 Å². The number of aromatic nitrogens is 3. The van der Waals surface area contributed by atoms with Crippen LogP contribution in [0.25, 0.3) is 0 Å². The maximum absolute atomic E-state index is 13.2. The summed E-state index contributed by atoms with van der Waals surface area (Å²) in [5, 5.41) is 8.46. The molecule has 4 saturated carbocycles. The molecule has 0 radical (unpaired) electrons. The fourth-order valence-corrected chi connectivity index (χ4v) is 8.16. The molecule has 29 heavy (non-hydrogen) atoms. The Morgan fingerprint density at radius 2 is 1.79 bits per heavy atom. The maximum Gasteiger partial charge on any atom is 0.188 e. The van der Waals surface area contributed by atoms with Crippen molar-refractivity contribution in [2.24, 2.45) is 53.9 Å². The maximum atomic E-state index is 13.2. The fourth-order valence-electron chi connectivity index (χ4n) is 8.16. The lowest BCUT2D eigenvalue weighted by atomic mass is 9.49. The van der Waals surface area contributed by atoms with Crippen molar-refractivity contribution in [1.29, 1.82) is 0 Å². The van der Waals surface area contributed by atoms with Gasteiger partial charge >= 0.3 is 0 Å². The van der Waals surface area contributed by atoms with Crippen LogP contribution in [0.3, 0.4) is 0 Å². The quantitative estimate of drug-likeness (QED) is 0.579. The Hall–Kier alpha value is -1.19. The highest BCUT2D eigenvalue weighted by atomic mass is 16.1. The van der Waals surface area contributed by atoms with Gasteiger partial charge in [-0.1, -0.05) is 34.1 Å². The number of fused-ring (bicyclic) bond motifs is 5. The van der Waals surface area contributed by atoms with Crippen LogP contribution in [0.15, 0.2) is 6.20 Å². The first-order valence-corrected chi connectivity index (χ1v) is 12.4. The lowest BCUT2D eigenvalue weighted by Crippen LogP contribution is -2.49. The van der Waals surface area contributed by atoms with E-state index in [0.29, 0.717) is 5.69 Å². The number of carbonyl (C=O) groups excluding carboxylic acids is 1. The summed E-state index contributed by atoms with van der Waals surface area (Å²) in [7, 11) is 1.80. The van der Waals surface area contributed by atoms with E-state index in [2.05, 4.69) is 24.0 Å². The zero-order chi connectivity index (χ0) is 20.8. The normalized spacial score (nSPS) is 43.4. The number of ketones is 1. The predicted octanol–water partition coefficient (Wildman–Crippen LogP) is 5.93.